The monoisotopic (exact) mass is 1280 g/mol. The van der Waals surface area contributed by atoms with Gasteiger partial charge in [0.25, 0.3) is 11.8 Å². The highest BCUT2D eigenvalue weighted by molar-refractivity contribution is 7.52. The molecular weight excluding hydrogens is 1210 g/mol. The number of nitrogens with one attached hydrogen (secondary N) is 4. The second-order valence-corrected chi connectivity index (χ2v) is 27.6. The molecule has 3 aromatic carbocycles. The first-order chi connectivity index (χ1) is 42.6. The SMILES string of the molecule is CC(C)(C)c1ccc(C[C@H](NC(=O)[C@H](CCC(N)=O)NC(=O)[C@@H]2CC[C@@H]3CCN(CCC(N)=O)C[C@H](NC(=O)c4cc5cc(C(F)(F)P(=O)(O)O)ccc5s4)C(=O)N32)C(=O)N2CCC(CCC#Cc3cccc4c3CN(C3CCC(=O)NC3=O)C4=O)CC2)cc1. The van der Waals surface area contributed by atoms with Gasteiger partial charge in [-0.3, -0.25) is 57.8 Å². The Hall–Kier alpha value is -7.95. The highest BCUT2D eigenvalue weighted by atomic mass is 32.1. The topological polar surface area (TPSA) is 341 Å². The third kappa shape index (κ3) is 15.4. The highest BCUT2D eigenvalue weighted by Gasteiger charge is 2.51. The molecule has 0 saturated carbocycles. The number of nitrogens with zero attached hydrogens (tertiary/aromatic N) is 4. The number of benzene rings is 3. The first-order valence-electron chi connectivity index (χ1n) is 30.2. The standard InChI is InChI=1S/C63H75F2N10O13PS/c1-62(2,3)40-13-11-37(12-14-40)31-46(60(84)73-29-23-36(24-30-73)7-4-5-8-38-9-6-10-43-44(38)34-74(59(43)83)48-19-22-54(78)71-56(48)80)69-55(79)45(17-21-52(66)76)68-57(81)49-18-16-42-25-27-72(28-26-53(67)77)35-47(61(85)75(42)49)70-58(82)51-33-39-32-41(15-20-50(39)90-51)63(64,65)89(86,87)88/h6,9-15,20,32-33,36,42,45-49H,4,7,16-19,21-31,34-35H2,1-3H3,(H2,66,76)(H2,67,77)(H,68,81)(H,69,79)(H,70,82)(H,71,78,80)(H2,86,87,88)/t42-,45+,46+,47+,48?,49+/m1/s1. The van der Waals surface area contributed by atoms with E-state index in [0.717, 1.165) is 46.6 Å². The summed E-state index contributed by atoms with van der Waals surface area (Å²) in [6.45, 7) is 7.47. The van der Waals surface area contributed by atoms with Crippen LogP contribution in [0.4, 0.5) is 8.78 Å². The number of thiophene rings is 1. The maximum Gasteiger partial charge on any atom is 0.399 e. The van der Waals surface area contributed by atoms with Crippen LogP contribution in [-0.2, 0) is 67.0 Å². The number of primary amides is 2. The summed E-state index contributed by atoms with van der Waals surface area (Å²) in [4.78, 5) is 160. The molecule has 4 saturated heterocycles. The first-order valence-corrected chi connectivity index (χ1v) is 32.6. The molecule has 1 unspecified atom stereocenters. The molecule has 4 aromatic rings. The van der Waals surface area contributed by atoms with E-state index >= 15 is 0 Å². The van der Waals surface area contributed by atoms with Crippen molar-refractivity contribution >= 4 is 88.1 Å². The van der Waals surface area contributed by atoms with Crippen LogP contribution in [0.25, 0.3) is 10.1 Å². The molecule has 23 nitrogen and oxygen atoms in total. The third-order valence-corrected chi connectivity index (χ3v) is 19.7. The summed E-state index contributed by atoms with van der Waals surface area (Å²) in [6, 6.07) is 10.8. The number of rotatable bonds is 20. The predicted octanol–water partition coefficient (Wildman–Crippen LogP) is 3.77. The number of piperidine rings is 2. The smallest absolute Gasteiger partial charge is 0.370 e. The second-order valence-electron chi connectivity index (χ2n) is 24.9. The van der Waals surface area contributed by atoms with Crippen molar-refractivity contribution in [3.05, 3.63) is 105 Å². The van der Waals surface area contributed by atoms with Crippen LogP contribution in [0, 0.1) is 17.8 Å². The molecule has 0 radical (unpaired) electrons. The predicted molar refractivity (Wildman–Crippen MR) is 327 cm³/mol. The molecule has 480 valence electrons. The number of carbonyl (C=O) groups is 10. The Balaban J connectivity index is 0.878. The number of hydrogen-bond donors (Lipinski definition) is 8. The van der Waals surface area contributed by atoms with Crippen LogP contribution in [0.5, 0.6) is 0 Å². The van der Waals surface area contributed by atoms with Gasteiger partial charge >= 0.3 is 13.3 Å². The number of hydrogen-bond acceptors (Lipinski definition) is 13. The van der Waals surface area contributed by atoms with Gasteiger partial charge in [0.1, 0.15) is 30.2 Å². The largest absolute Gasteiger partial charge is 0.399 e. The van der Waals surface area contributed by atoms with Gasteiger partial charge in [0.15, 0.2) is 0 Å². The molecule has 0 aliphatic carbocycles. The molecule has 0 bridgehead atoms. The minimum absolute atomic E-state index is 0.0329. The molecule has 10 N–H and O–H groups in total. The van der Waals surface area contributed by atoms with E-state index in [1.165, 1.54) is 21.9 Å². The lowest BCUT2D eigenvalue weighted by Gasteiger charge is -2.39. The lowest BCUT2D eigenvalue weighted by molar-refractivity contribution is -0.144. The minimum Gasteiger partial charge on any atom is -0.370 e. The number of nitrogens with two attached hydrogens (primary N) is 2. The quantitative estimate of drug-likeness (QED) is 0.0355. The van der Waals surface area contributed by atoms with Gasteiger partial charge in [0, 0.05) is 98.8 Å². The number of alkyl halides is 2. The number of halogens is 2. The number of fused-ring (bicyclic) bond motifs is 3. The molecule has 6 atom stereocenters. The van der Waals surface area contributed by atoms with Crippen molar-refractivity contribution in [1.29, 1.82) is 0 Å². The Kier molecular flexibility index (Phi) is 20.4. The summed E-state index contributed by atoms with van der Waals surface area (Å²) in [5.74, 6) is 0.845. The summed E-state index contributed by atoms with van der Waals surface area (Å²) in [6.07, 6.45) is 3.16. The Labute approximate surface area is 522 Å². The molecule has 10 amide bonds. The van der Waals surface area contributed by atoms with E-state index < -0.39 is 96.4 Å². The molecule has 9 rings (SSSR count). The van der Waals surface area contributed by atoms with E-state index in [1.54, 1.807) is 21.9 Å². The van der Waals surface area contributed by atoms with E-state index in [0.29, 0.717) is 67.6 Å². The van der Waals surface area contributed by atoms with Crippen LogP contribution in [0.1, 0.15) is 146 Å². The fourth-order valence-electron chi connectivity index (χ4n) is 12.5. The van der Waals surface area contributed by atoms with Crippen molar-refractivity contribution in [3.8, 4) is 11.8 Å². The molecule has 5 aliphatic rings. The molecule has 0 spiro atoms. The van der Waals surface area contributed by atoms with Gasteiger partial charge in [-0.15, -0.1) is 11.3 Å². The van der Waals surface area contributed by atoms with E-state index in [-0.39, 0.29) is 104 Å². The number of amides is 10. The van der Waals surface area contributed by atoms with Gasteiger partial charge in [-0.2, -0.15) is 8.78 Å². The lowest BCUT2D eigenvalue weighted by Crippen LogP contribution is -2.62. The minimum atomic E-state index is -5.91. The van der Waals surface area contributed by atoms with Gasteiger partial charge in [-0.25, -0.2) is 0 Å². The average molecular weight is 1280 g/mol. The number of likely N-dealkylation sites (tertiary alicyclic amines) is 1. The third-order valence-electron chi connectivity index (χ3n) is 17.6. The van der Waals surface area contributed by atoms with E-state index in [1.807, 2.05) is 30.3 Å². The fraction of sp³-hybridized carbons (Fsp3) is 0.492. The summed E-state index contributed by atoms with van der Waals surface area (Å²) in [7, 11) is -5.91. The van der Waals surface area contributed by atoms with Crippen LogP contribution in [0.15, 0.2) is 66.7 Å². The van der Waals surface area contributed by atoms with Crippen molar-refractivity contribution in [2.45, 2.75) is 158 Å². The summed E-state index contributed by atoms with van der Waals surface area (Å²) in [5.41, 5.74) is 9.13. The molecular formula is C63H75F2N10O13PS. The van der Waals surface area contributed by atoms with Crippen LogP contribution >= 0.6 is 18.9 Å². The zero-order valence-electron chi connectivity index (χ0n) is 50.3. The fourth-order valence-corrected chi connectivity index (χ4v) is 13.9. The van der Waals surface area contributed by atoms with Crippen molar-refractivity contribution in [1.82, 2.24) is 40.9 Å². The van der Waals surface area contributed by atoms with Gasteiger partial charge in [0.05, 0.1) is 4.88 Å². The average Bonchev–Trinajstić information content (AvgIpc) is 1.60. The Morgan fingerprint density at radius 3 is 2.23 bits per heavy atom. The van der Waals surface area contributed by atoms with Gasteiger partial charge in [-0.05, 0) is 115 Å². The lowest BCUT2D eigenvalue weighted by atomic mass is 9.86. The van der Waals surface area contributed by atoms with Gasteiger partial charge in [-0.1, -0.05) is 69.0 Å². The van der Waals surface area contributed by atoms with Gasteiger partial charge in [0.2, 0.25) is 47.3 Å². The van der Waals surface area contributed by atoms with Crippen LogP contribution < -0.4 is 32.7 Å². The number of carbonyl (C=O) groups excluding carboxylic acids is 10. The second kappa shape index (κ2) is 27.7. The summed E-state index contributed by atoms with van der Waals surface area (Å²) in [5, 5.41) is 10.8. The summed E-state index contributed by atoms with van der Waals surface area (Å²) < 4.78 is 41.3. The van der Waals surface area contributed by atoms with Gasteiger partial charge < -0.3 is 56.8 Å². The van der Waals surface area contributed by atoms with E-state index in [2.05, 4.69) is 53.9 Å². The molecule has 90 heavy (non-hydrogen) atoms. The van der Waals surface area contributed by atoms with E-state index in [4.69, 9.17) is 11.5 Å². The van der Waals surface area contributed by atoms with Crippen molar-refractivity contribution < 1.29 is 71.1 Å². The van der Waals surface area contributed by atoms with Crippen LogP contribution in [0.3, 0.4) is 0 Å². The maximum atomic E-state index is 14.9. The zero-order valence-corrected chi connectivity index (χ0v) is 52.0. The Morgan fingerprint density at radius 1 is 0.844 bits per heavy atom. The molecule has 5 aliphatic heterocycles. The van der Waals surface area contributed by atoms with Crippen molar-refractivity contribution in [2.24, 2.45) is 17.4 Å². The molecule has 6 heterocycles. The maximum absolute atomic E-state index is 14.9. The summed E-state index contributed by atoms with van der Waals surface area (Å²) >= 11 is 0.877. The zero-order chi connectivity index (χ0) is 65.0. The van der Waals surface area contributed by atoms with E-state index in [9.17, 15) is 71.1 Å². The van der Waals surface area contributed by atoms with Crippen molar-refractivity contribution in [2.75, 3.05) is 32.7 Å². The Bertz CT molecular complexity index is 3610. The van der Waals surface area contributed by atoms with Crippen molar-refractivity contribution in [3.63, 3.8) is 0 Å². The molecule has 1 aromatic heterocycles. The Morgan fingerprint density at radius 2 is 1.56 bits per heavy atom. The van der Waals surface area contributed by atoms with Crippen LogP contribution in [-0.4, -0.2) is 157 Å². The molecule has 4 fully saturated rings. The highest BCUT2D eigenvalue weighted by Crippen LogP contribution is 2.59. The number of imide groups is 1. The molecule has 27 heteroatoms. The first kappa shape index (κ1) is 66.5. The van der Waals surface area contributed by atoms with Crippen LogP contribution in [0.2, 0.25) is 0 Å². The normalized spacial score (nSPS) is 20.9.